The number of nitrogens with two attached hydrogens (primary N) is 1. The summed E-state index contributed by atoms with van der Waals surface area (Å²) in [6, 6.07) is 0.137. The highest BCUT2D eigenvalue weighted by molar-refractivity contribution is 5.85. The molecule has 0 saturated carbocycles. The molecule has 0 spiro atoms. The van der Waals surface area contributed by atoms with Gasteiger partial charge in [-0.25, -0.2) is 4.79 Å². The van der Waals surface area contributed by atoms with Gasteiger partial charge >= 0.3 is 6.09 Å². The van der Waals surface area contributed by atoms with Crippen LogP contribution >= 0.6 is 12.4 Å². The van der Waals surface area contributed by atoms with Crippen molar-refractivity contribution in [1.29, 1.82) is 0 Å². The number of amides is 1. The fourth-order valence-corrected chi connectivity index (χ4v) is 1.50. The molecule has 2 unspecified atom stereocenters. The summed E-state index contributed by atoms with van der Waals surface area (Å²) in [6.45, 7) is 6.57. The lowest BCUT2D eigenvalue weighted by molar-refractivity contribution is 0.00211. The molecular formula is C11H23ClN2O3. The maximum Gasteiger partial charge on any atom is 0.407 e. The van der Waals surface area contributed by atoms with E-state index in [1.165, 1.54) is 0 Å². The zero-order valence-electron chi connectivity index (χ0n) is 10.7. The fourth-order valence-electron chi connectivity index (χ4n) is 1.50. The summed E-state index contributed by atoms with van der Waals surface area (Å²) in [5.41, 5.74) is 5.24. The number of hydrogen-bond acceptors (Lipinski definition) is 4. The first kappa shape index (κ1) is 16.5. The summed E-state index contributed by atoms with van der Waals surface area (Å²) in [4.78, 5) is 11.4. The minimum atomic E-state index is -0.458. The van der Waals surface area contributed by atoms with Crippen molar-refractivity contribution in [1.82, 2.24) is 5.32 Å². The molecule has 1 saturated heterocycles. The highest BCUT2D eigenvalue weighted by Gasteiger charge is 2.21. The lowest BCUT2D eigenvalue weighted by Crippen LogP contribution is -2.42. The Kier molecular flexibility index (Phi) is 6.82. The number of ether oxygens (including phenoxy) is 2. The second-order valence-corrected chi connectivity index (χ2v) is 5.18. The molecule has 0 aromatic carbocycles. The van der Waals surface area contributed by atoms with E-state index in [-0.39, 0.29) is 24.6 Å². The fraction of sp³-hybridized carbons (Fsp3) is 0.909. The first-order valence-electron chi connectivity index (χ1n) is 5.71. The van der Waals surface area contributed by atoms with Gasteiger partial charge in [0.1, 0.15) is 5.60 Å². The standard InChI is InChI=1S/C11H22N2O3.ClH/c1-11(2,3)16-10(14)13-6-9-5-4-8(12)7-15-9;/h8-9H,4-7,12H2,1-3H3,(H,13,14);1H. The maximum absolute atomic E-state index is 11.4. The Morgan fingerprint density at radius 2 is 2.12 bits per heavy atom. The number of rotatable bonds is 2. The molecule has 102 valence electrons. The second-order valence-electron chi connectivity index (χ2n) is 5.18. The van der Waals surface area contributed by atoms with E-state index in [1.807, 2.05) is 20.8 Å². The lowest BCUT2D eigenvalue weighted by Gasteiger charge is -2.27. The van der Waals surface area contributed by atoms with Gasteiger partial charge in [0.05, 0.1) is 12.7 Å². The first-order valence-corrected chi connectivity index (χ1v) is 5.71. The quantitative estimate of drug-likeness (QED) is 0.793. The number of alkyl carbamates (subject to hydrolysis) is 1. The number of carbonyl (C=O) groups is 1. The van der Waals surface area contributed by atoms with E-state index in [0.717, 1.165) is 12.8 Å². The summed E-state index contributed by atoms with van der Waals surface area (Å²) >= 11 is 0. The van der Waals surface area contributed by atoms with Crippen LogP contribution in [0.1, 0.15) is 33.6 Å². The molecule has 17 heavy (non-hydrogen) atoms. The van der Waals surface area contributed by atoms with Gasteiger partial charge in [0.25, 0.3) is 0 Å². The Balaban J connectivity index is 0.00000256. The molecule has 1 aliphatic heterocycles. The topological polar surface area (TPSA) is 73.6 Å². The second kappa shape index (κ2) is 7.03. The van der Waals surface area contributed by atoms with Crippen LogP contribution in [0.2, 0.25) is 0 Å². The molecule has 0 radical (unpaired) electrons. The van der Waals surface area contributed by atoms with Crippen LogP contribution in [0.25, 0.3) is 0 Å². The van der Waals surface area contributed by atoms with Crippen molar-refractivity contribution in [2.24, 2.45) is 5.73 Å². The summed E-state index contributed by atoms with van der Waals surface area (Å²) in [5.74, 6) is 0. The van der Waals surface area contributed by atoms with Crippen LogP contribution in [0.4, 0.5) is 4.79 Å². The molecule has 0 bridgehead atoms. The monoisotopic (exact) mass is 266 g/mol. The Morgan fingerprint density at radius 1 is 1.47 bits per heavy atom. The minimum absolute atomic E-state index is 0. The van der Waals surface area contributed by atoms with E-state index >= 15 is 0 Å². The van der Waals surface area contributed by atoms with Gasteiger partial charge in [-0.05, 0) is 33.6 Å². The normalized spacial score (nSPS) is 24.7. The van der Waals surface area contributed by atoms with E-state index in [0.29, 0.717) is 13.2 Å². The molecule has 1 rings (SSSR count). The lowest BCUT2D eigenvalue weighted by atomic mass is 10.1. The van der Waals surface area contributed by atoms with E-state index in [4.69, 9.17) is 15.2 Å². The molecule has 5 nitrogen and oxygen atoms in total. The Bertz CT molecular complexity index is 235. The molecule has 3 N–H and O–H groups in total. The van der Waals surface area contributed by atoms with E-state index in [2.05, 4.69) is 5.32 Å². The van der Waals surface area contributed by atoms with Gasteiger partial charge in [-0.1, -0.05) is 0 Å². The molecule has 2 atom stereocenters. The van der Waals surface area contributed by atoms with Gasteiger partial charge in [-0.3, -0.25) is 0 Å². The largest absolute Gasteiger partial charge is 0.444 e. The molecule has 6 heteroatoms. The Hall–Kier alpha value is -0.520. The molecule has 0 aromatic heterocycles. The molecular weight excluding hydrogens is 244 g/mol. The molecule has 1 aliphatic rings. The highest BCUT2D eigenvalue weighted by Crippen LogP contribution is 2.11. The smallest absolute Gasteiger partial charge is 0.407 e. The van der Waals surface area contributed by atoms with Gasteiger partial charge < -0.3 is 20.5 Å². The van der Waals surface area contributed by atoms with Gasteiger partial charge in [-0.2, -0.15) is 0 Å². The van der Waals surface area contributed by atoms with Crippen LogP contribution in [0, 0.1) is 0 Å². The van der Waals surface area contributed by atoms with Crippen LogP contribution in [0.15, 0.2) is 0 Å². The SMILES string of the molecule is CC(C)(C)OC(=O)NCC1CCC(N)CO1.Cl. The average Bonchev–Trinajstić information content (AvgIpc) is 2.14. The molecule has 1 heterocycles. The van der Waals surface area contributed by atoms with Gasteiger partial charge in [0.15, 0.2) is 0 Å². The molecule has 1 fully saturated rings. The summed E-state index contributed by atoms with van der Waals surface area (Å²) in [6.07, 6.45) is 1.50. The van der Waals surface area contributed by atoms with E-state index in [9.17, 15) is 4.79 Å². The number of halogens is 1. The third-order valence-electron chi connectivity index (χ3n) is 2.28. The van der Waals surface area contributed by atoms with Crippen LogP contribution in [0.3, 0.4) is 0 Å². The molecule has 1 amide bonds. The number of carbonyl (C=O) groups excluding carboxylic acids is 1. The Morgan fingerprint density at radius 3 is 2.59 bits per heavy atom. The van der Waals surface area contributed by atoms with Crippen molar-refractivity contribution in [2.75, 3.05) is 13.2 Å². The zero-order chi connectivity index (χ0) is 12.2. The number of hydrogen-bond donors (Lipinski definition) is 2. The zero-order valence-corrected chi connectivity index (χ0v) is 11.5. The average molecular weight is 267 g/mol. The van der Waals surface area contributed by atoms with Crippen molar-refractivity contribution in [2.45, 2.75) is 51.4 Å². The van der Waals surface area contributed by atoms with Crippen molar-refractivity contribution in [3.05, 3.63) is 0 Å². The van der Waals surface area contributed by atoms with Crippen molar-refractivity contribution in [3.8, 4) is 0 Å². The van der Waals surface area contributed by atoms with E-state index < -0.39 is 11.7 Å². The van der Waals surface area contributed by atoms with E-state index in [1.54, 1.807) is 0 Å². The molecule has 0 aliphatic carbocycles. The predicted molar refractivity (Wildman–Crippen MR) is 68.4 cm³/mol. The predicted octanol–water partition coefficient (Wildman–Crippen LogP) is 1.44. The highest BCUT2D eigenvalue weighted by atomic mass is 35.5. The first-order chi connectivity index (χ1) is 7.37. The van der Waals surface area contributed by atoms with Crippen LogP contribution in [0.5, 0.6) is 0 Å². The molecule has 0 aromatic rings. The van der Waals surface area contributed by atoms with Crippen molar-refractivity contribution in [3.63, 3.8) is 0 Å². The van der Waals surface area contributed by atoms with Gasteiger partial charge in [-0.15, -0.1) is 12.4 Å². The summed E-state index contributed by atoms with van der Waals surface area (Å²) in [5, 5.41) is 2.70. The maximum atomic E-state index is 11.4. The van der Waals surface area contributed by atoms with Crippen LogP contribution < -0.4 is 11.1 Å². The van der Waals surface area contributed by atoms with Gasteiger partial charge in [0.2, 0.25) is 0 Å². The minimum Gasteiger partial charge on any atom is -0.444 e. The van der Waals surface area contributed by atoms with Crippen molar-refractivity contribution < 1.29 is 14.3 Å². The third-order valence-corrected chi connectivity index (χ3v) is 2.28. The summed E-state index contributed by atoms with van der Waals surface area (Å²) in [7, 11) is 0. The Labute approximate surface area is 109 Å². The van der Waals surface area contributed by atoms with Gasteiger partial charge in [0, 0.05) is 12.6 Å². The third kappa shape index (κ3) is 7.41. The van der Waals surface area contributed by atoms with Crippen LogP contribution in [-0.4, -0.2) is 37.0 Å². The number of nitrogens with one attached hydrogen (secondary N) is 1. The van der Waals surface area contributed by atoms with Crippen LogP contribution in [-0.2, 0) is 9.47 Å². The summed E-state index contributed by atoms with van der Waals surface area (Å²) < 4.78 is 10.6. The van der Waals surface area contributed by atoms with Crippen molar-refractivity contribution >= 4 is 18.5 Å².